The van der Waals surface area contributed by atoms with Gasteiger partial charge >= 0.3 is 0 Å². The summed E-state index contributed by atoms with van der Waals surface area (Å²) in [4.78, 5) is 27.7. The Morgan fingerprint density at radius 1 is 1.56 bits per heavy atom. The van der Waals surface area contributed by atoms with Crippen LogP contribution in [0, 0.1) is 5.92 Å². The third-order valence-corrected chi connectivity index (χ3v) is 3.91. The molecular formula is C13H23N3O2. The van der Waals surface area contributed by atoms with Crippen LogP contribution in [0.3, 0.4) is 0 Å². The number of hydrogen-bond donors (Lipinski definition) is 1. The summed E-state index contributed by atoms with van der Waals surface area (Å²) in [6.45, 7) is 5.36. The minimum Gasteiger partial charge on any atom is -0.345 e. The second-order valence-corrected chi connectivity index (χ2v) is 5.35. The maximum Gasteiger partial charge on any atom is 0.228 e. The molecular weight excluding hydrogens is 230 g/mol. The number of nitrogens with one attached hydrogen (secondary N) is 1. The van der Waals surface area contributed by atoms with Crippen LogP contribution in [-0.4, -0.2) is 60.9 Å². The highest BCUT2D eigenvalue weighted by Gasteiger charge is 2.37. The number of nitrogens with zero attached hydrogens (tertiary/aromatic N) is 2. The molecule has 0 saturated carbocycles. The van der Waals surface area contributed by atoms with Crippen LogP contribution >= 0.6 is 0 Å². The van der Waals surface area contributed by atoms with E-state index < -0.39 is 0 Å². The number of carbonyl (C=O) groups is 2. The first-order valence-corrected chi connectivity index (χ1v) is 6.88. The van der Waals surface area contributed by atoms with Crippen molar-refractivity contribution in [3.63, 3.8) is 0 Å². The molecule has 2 unspecified atom stereocenters. The molecule has 18 heavy (non-hydrogen) atoms. The first-order chi connectivity index (χ1) is 8.63. The molecule has 0 aromatic carbocycles. The Hall–Kier alpha value is -1.10. The van der Waals surface area contributed by atoms with E-state index >= 15 is 0 Å². The van der Waals surface area contributed by atoms with Gasteiger partial charge in [0.25, 0.3) is 0 Å². The lowest BCUT2D eigenvalue weighted by Gasteiger charge is -2.30. The van der Waals surface area contributed by atoms with Crippen LogP contribution in [0.4, 0.5) is 0 Å². The van der Waals surface area contributed by atoms with Crippen LogP contribution in [0.15, 0.2) is 0 Å². The summed E-state index contributed by atoms with van der Waals surface area (Å²) in [6, 6.07) is 0.318. The van der Waals surface area contributed by atoms with Gasteiger partial charge in [-0.3, -0.25) is 9.59 Å². The van der Waals surface area contributed by atoms with Crippen molar-refractivity contribution in [2.45, 2.75) is 32.2 Å². The smallest absolute Gasteiger partial charge is 0.228 e. The van der Waals surface area contributed by atoms with Crippen LogP contribution in [0.1, 0.15) is 26.2 Å². The molecule has 2 aliphatic rings. The number of rotatable bonds is 4. The molecule has 5 heteroatoms. The van der Waals surface area contributed by atoms with Gasteiger partial charge in [0, 0.05) is 39.1 Å². The normalized spacial score (nSPS) is 27.9. The quantitative estimate of drug-likeness (QED) is 0.771. The molecule has 2 rings (SSSR count). The number of amides is 2. The first kappa shape index (κ1) is 13.3. The molecule has 0 aromatic heterocycles. The second-order valence-electron chi connectivity index (χ2n) is 5.35. The zero-order valence-corrected chi connectivity index (χ0v) is 11.3. The summed E-state index contributed by atoms with van der Waals surface area (Å²) in [5, 5.41) is 3.30. The molecule has 2 saturated heterocycles. The molecule has 2 fully saturated rings. The number of hydrogen-bond acceptors (Lipinski definition) is 3. The molecule has 0 spiro atoms. The summed E-state index contributed by atoms with van der Waals surface area (Å²) in [5.41, 5.74) is 0. The fraction of sp³-hybridized carbons (Fsp3) is 0.846. The second kappa shape index (κ2) is 5.69. The Bertz CT molecular complexity index is 326. The Kier molecular flexibility index (Phi) is 4.22. The van der Waals surface area contributed by atoms with Gasteiger partial charge in [-0.1, -0.05) is 6.92 Å². The molecule has 5 nitrogen and oxygen atoms in total. The summed E-state index contributed by atoms with van der Waals surface area (Å²) in [6.07, 6.45) is 2.39. The highest BCUT2D eigenvalue weighted by molar-refractivity contribution is 5.89. The maximum atomic E-state index is 12.5. The summed E-state index contributed by atoms with van der Waals surface area (Å²) in [5.74, 6) is 0.132. The minimum absolute atomic E-state index is 0.0920. The summed E-state index contributed by atoms with van der Waals surface area (Å²) in [7, 11) is 1.77. The molecule has 2 heterocycles. The number of carbonyl (C=O) groups excluding carboxylic acids is 2. The van der Waals surface area contributed by atoms with Gasteiger partial charge in [-0.05, 0) is 19.4 Å². The van der Waals surface area contributed by atoms with Crippen LogP contribution < -0.4 is 5.32 Å². The number of likely N-dealkylation sites (tertiary alicyclic amines) is 1. The Balaban J connectivity index is 2.01. The molecule has 0 radical (unpaired) electrons. The van der Waals surface area contributed by atoms with E-state index in [1.54, 1.807) is 11.9 Å². The van der Waals surface area contributed by atoms with Crippen LogP contribution in [-0.2, 0) is 9.59 Å². The van der Waals surface area contributed by atoms with Crippen LogP contribution in [0.5, 0.6) is 0 Å². The monoisotopic (exact) mass is 253 g/mol. The SMILES string of the molecule is CCCN(C(=O)C1CC(=O)N(C)C1)C1CCNC1. The lowest BCUT2D eigenvalue weighted by molar-refractivity contribution is -0.137. The van der Waals surface area contributed by atoms with E-state index in [2.05, 4.69) is 12.2 Å². The largest absolute Gasteiger partial charge is 0.345 e. The highest BCUT2D eigenvalue weighted by atomic mass is 16.2. The van der Waals surface area contributed by atoms with E-state index in [4.69, 9.17) is 0 Å². The van der Waals surface area contributed by atoms with Crippen molar-refractivity contribution in [2.75, 3.05) is 33.2 Å². The predicted octanol–water partition coefficient (Wildman–Crippen LogP) is 0.0652. The third-order valence-electron chi connectivity index (χ3n) is 3.91. The van der Waals surface area contributed by atoms with E-state index in [1.807, 2.05) is 4.90 Å². The van der Waals surface area contributed by atoms with Gasteiger partial charge < -0.3 is 15.1 Å². The predicted molar refractivity (Wildman–Crippen MR) is 69.0 cm³/mol. The lowest BCUT2D eigenvalue weighted by Crippen LogP contribution is -2.45. The van der Waals surface area contributed by atoms with E-state index in [0.29, 0.717) is 19.0 Å². The molecule has 2 atom stereocenters. The van der Waals surface area contributed by atoms with Crippen molar-refractivity contribution in [2.24, 2.45) is 5.92 Å². The summed E-state index contributed by atoms with van der Waals surface area (Å²) < 4.78 is 0. The fourth-order valence-electron chi connectivity index (χ4n) is 2.88. The van der Waals surface area contributed by atoms with E-state index in [1.165, 1.54) is 0 Å². The van der Waals surface area contributed by atoms with Gasteiger partial charge in [0.1, 0.15) is 0 Å². The lowest BCUT2D eigenvalue weighted by atomic mass is 10.0. The fourth-order valence-corrected chi connectivity index (χ4v) is 2.88. The van der Waals surface area contributed by atoms with Gasteiger partial charge in [-0.15, -0.1) is 0 Å². The van der Waals surface area contributed by atoms with Crippen molar-refractivity contribution < 1.29 is 9.59 Å². The van der Waals surface area contributed by atoms with Crippen molar-refractivity contribution in [1.82, 2.24) is 15.1 Å². The van der Waals surface area contributed by atoms with Gasteiger partial charge in [0.2, 0.25) is 11.8 Å². The van der Waals surface area contributed by atoms with E-state index in [-0.39, 0.29) is 17.7 Å². The van der Waals surface area contributed by atoms with Crippen LogP contribution in [0.25, 0.3) is 0 Å². The zero-order valence-electron chi connectivity index (χ0n) is 11.3. The Morgan fingerprint density at radius 2 is 2.33 bits per heavy atom. The van der Waals surface area contributed by atoms with Crippen molar-refractivity contribution >= 4 is 11.8 Å². The van der Waals surface area contributed by atoms with Crippen molar-refractivity contribution in [3.8, 4) is 0 Å². The van der Waals surface area contributed by atoms with Crippen LogP contribution in [0.2, 0.25) is 0 Å². The van der Waals surface area contributed by atoms with Crippen molar-refractivity contribution in [3.05, 3.63) is 0 Å². The molecule has 102 valence electrons. The van der Waals surface area contributed by atoms with Gasteiger partial charge in [0.15, 0.2) is 0 Å². The zero-order chi connectivity index (χ0) is 13.1. The molecule has 0 aromatic rings. The average molecular weight is 253 g/mol. The van der Waals surface area contributed by atoms with Gasteiger partial charge in [0.05, 0.1) is 5.92 Å². The Morgan fingerprint density at radius 3 is 2.83 bits per heavy atom. The van der Waals surface area contributed by atoms with Gasteiger partial charge in [-0.2, -0.15) is 0 Å². The van der Waals surface area contributed by atoms with E-state index in [0.717, 1.165) is 32.5 Å². The molecule has 2 aliphatic heterocycles. The summed E-state index contributed by atoms with van der Waals surface area (Å²) >= 11 is 0. The molecule has 1 N–H and O–H groups in total. The van der Waals surface area contributed by atoms with Crippen molar-refractivity contribution in [1.29, 1.82) is 0 Å². The Labute approximate surface area is 108 Å². The highest BCUT2D eigenvalue weighted by Crippen LogP contribution is 2.21. The topological polar surface area (TPSA) is 52.7 Å². The third kappa shape index (κ3) is 2.66. The molecule has 0 bridgehead atoms. The standard InChI is InChI=1S/C13H23N3O2/c1-3-6-16(11-4-5-14-8-11)13(18)10-7-12(17)15(2)9-10/h10-11,14H,3-9H2,1-2H3. The molecule has 2 amide bonds. The first-order valence-electron chi connectivity index (χ1n) is 6.88. The molecule has 0 aliphatic carbocycles. The van der Waals surface area contributed by atoms with E-state index in [9.17, 15) is 9.59 Å². The average Bonchev–Trinajstić information content (AvgIpc) is 2.97. The van der Waals surface area contributed by atoms with Gasteiger partial charge in [-0.25, -0.2) is 0 Å². The maximum absolute atomic E-state index is 12.5. The minimum atomic E-state index is -0.130.